The molecule has 0 aromatic heterocycles. The predicted octanol–water partition coefficient (Wildman–Crippen LogP) is 3.55. The number of rotatable bonds is 5. The molecule has 1 saturated carbocycles. The summed E-state index contributed by atoms with van der Waals surface area (Å²) in [7, 11) is 0. The van der Waals surface area contributed by atoms with Crippen LogP contribution in [0.5, 0.6) is 5.75 Å². The normalized spacial score (nSPS) is 22.4. The van der Waals surface area contributed by atoms with Gasteiger partial charge < -0.3 is 14.8 Å². The van der Waals surface area contributed by atoms with Gasteiger partial charge in [0, 0.05) is 0 Å². The van der Waals surface area contributed by atoms with E-state index >= 15 is 0 Å². The third-order valence-corrected chi connectivity index (χ3v) is 7.13. The molecule has 2 aromatic carbocycles. The number of fused-ring (bicyclic) bond motifs is 1. The number of anilines is 1. The first kappa shape index (κ1) is 18.9. The summed E-state index contributed by atoms with van der Waals surface area (Å²) >= 11 is -1.29. The van der Waals surface area contributed by atoms with Crippen LogP contribution in [0.25, 0.3) is 10.8 Å². The van der Waals surface area contributed by atoms with Crippen LogP contribution < -0.4 is 9.03 Å². The quantitative estimate of drug-likeness (QED) is 0.683. The highest BCUT2D eigenvalue weighted by atomic mass is 32.2. The van der Waals surface area contributed by atoms with Crippen LogP contribution in [0.2, 0.25) is 0 Å². The molecule has 3 N–H and O–H groups in total. The Hall–Kier alpha value is -1.47. The first-order chi connectivity index (χ1) is 13.0. The van der Waals surface area contributed by atoms with Gasteiger partial charge in [0.15, 0.2) is 11.5 Å². The highest BCUT2D eigenvalue weighted by molar-refractivity contribution is 7.91. The minimum atomic E-state index is -1.29. The van der Waals surface area contributed by atoms with Crippen LogP contribution >= 0.6 is 0 Å². The van der Waals surface area contributed by atoms with Crippen molar-refractivity contribution >= 4 is 28.0 Å². The van der Waals surface area contributed by atoms with Crippen molar-refractivity contribution in [2.45, 2.75) is 57.0 Å². The van der Waals surface area contributed by atoms with Crippen LogP contribution in [0.4, 0.5) is 5.69 Å². The van der Waals surface area contributed by atoms with Crippen molar-refractivity contribution in [3.8, 4) is 5.75 Å². The summed E-state index contributed by atoms with van der Waals surface area (Å²) in [5.41, 5.74) is 1.39. The smallest absolute Gasteiger partial charge is 0.166 e. The number of aliphatic hydroxyl groups is 1. The summed E-state index contributed by atoms with van der Waals surface area (Å²) in [6.07, 6.45) is 8.20. The topological polar surface area (TPSA) is 78.8 Å². The van der Waals surface area contributed by atoms with Gasteiger partial charge in [0.1, 0.15) is 11.4 Å². The van der Waals surface area contributed by atoms with E-state index in [0.717, 1.165) is 55.7 Å². The van der Waals surface area contributed by atoms with Gasteiger partial charge in [0.05, 0.1) is 18.7 Å². The maximum atomic E-state index is 12.0. The number of hydrogen-bond acceptors (Lipinski definition) is 5. The monoisotopic (exact) mass is 388 g/mol. The molecule has 2 aromatic rings. The maximum Gasteiger partial charge on any atom is 0.166 e. The molecule has 4 rings (SSSR count). The van der Waals surface area contributed by atoms with Crippen LogP contribution in [0, 0.1) is 0 Å². The van der Waals surface area contributed by atoms with Gasteiger partial charge in [0.25, 0.3) is 0 Å². The molecule has 1 heterocycles. The van der Waals surface area contributed by atoms with Gasteiger partial charge in [0.2, 0.25) is 0 Å². The minimum Gasteiger partial charge on any atom is -0.573 e. The lowest BCUT2D eigenvalue weighted by atomic mass is 9.81. The highest BCUT2D eigenvalue weighted by Gasteiger charge is 2.30. The fourth-order valence-electron chi connectivity index (χ4n) is 4.36. The van der Waals surface area contributed by atoms with E-state index in [1.165, 1.54) is 12.0 Å². The van der Waals surface area contributed by atoms with E-state index < -0.39 is 17.1 Å². The van der Waals surface area contributed by atoms with E-state index in [2.05, 4.69) is 16.9 Å². The number of nitrogens with one attached hydrogen (secondary N) is 1. The molecule has 1 aliphatic heterocycles. The van der Waals surface area contributed by atoms with Crippen LogP contribution in [-0.2, 0) is 18.0 Å². The maximum absolute atomic E-state index is 12.0. The Balaban J connectivity index is 1.48. The van der Waals surface area contributed by atoms with E-state index in [1.807, 2.05) is 12.1 Å². The number of phenolic OH excluding ortho intramolecular Hbond substituents is 1. The summed E-state index contributed by atoms with van der Waals surface area (Å²) in [6.45, 7) is 1.26. The Morgan fingerprint density at radius 2 is 1.93 bits per heavy atom. The predicted molar refractivity (Wildman–Crippen MR) is 110 cm³/mol. The SMILES string of the molecule is [O-][S+]1NCCN1c1cc2cc(CCCC3(O)CCCCC3)ccc2cc1O. The van der Waals surface area contributed by atoms with Crippen LogP contribution in [0.1, 0.15) is 50.5 Å². The summed E-state index contributed by atoms with van der Waals surface area (Å²) in [4.78, 5) is 0. The van der Waals surface area contributed by atoms with Crippen molar-refractivity contribution in [2.75, 3.05) is 17.4 Å². The Morgan fingerprint density at radius 3 is 2.67 bits per heavy atom. The first-order valence-corrected chi connectivity index (χ1v) is 11.1. The molecule has 27 heavy (non-hydrogen) atoms. The molecule has 2 aliphatic rings. The van der Waals surface area contributed by atoms with Crippen LogP contribution in [-0.4, -0.2) is 33.5 Å². The summed E-state index contributed by atoms with van der Waals surface area (Å²) in [6, 6.07) is 9.95. The van der Waals surface area contributed by atoms with Crippen molar-refractivity contribution in [1.82, 2.24) is 4.72 Å². The lowest BCUT2D eigenvalue weighted by Crippen LogP contribution is -2.31. The van der Waals surface area contributed by atoms with Crippen molar-refractivity contribution < 1.29 is 14.8 Å². The fourth-order valence-corrected chi connectivity index (χ4v) is 5.37. The Kier molecular flexibility index (Phi) is 5.50. The second-order valence-corrected chi connectivity index (χ2v) is 9.13. The Bertz CT molecular complexity index is 807. The summed E-state index contributed by atoms with van der Waals surface area (Å²) in [5, 5.41) is 23.0. The number of nitrogens with zero attached hydrogens (tertiary/aromatic N) is 1. The number of benzene rings is 2. The molecule has 6 heteroatoms. The molecule has 0 amide bonds. The van der Waals surface area contributed by atoms with E-state index in [4.69, 9.17) is 0 Å². The van der Waals surface area contributed by atoms with E-state index in [1.54, 1.807) is 10.4 Å². The van der Waals surface area contributed by atoms with E-state index in [-0.39, 0.29) is 5.75 Å². The lowest BCUT2D eigenvalue weighted by molar-refractivity contribution is -0.00526. The first-order valence-electron chi connectivity index (χ1n) is 9.95. The number of phenols is 1. The van der Waals surface area contributed by atoms with Crippen molar-refractivity contribution in [2.24, 2.45) is 0 Å². The molecular formula is C21H28N2O3S. The molecule has 2 fully saturated rings. The zero-order valence-corrected chi connectivity index (χ0v) is 16.4. The van der Waals surface area contributed by atoms with Gasteiger partial charge in [-0.25, -0.2) is 0 Å². The standard InChI is InChI=1S/C21H28N2O3S/c24-20-15-17-7-6-16(5-4-10-21(25)8-2-1-3-9-21)13-18(17)14-19(20)23-12-11-22-27(23)26/h6-7,13-15,22,24-25H,1-5,8-12H2. The lowest BCUT2D eigenvalue weighted by Gasteiger charge is -2.32. The van der Waals surface area contributed by atoms with E-state index in [9.17, 15) is 14.8 Å². The van der Waals surface area contributed by atoms with Gasteiger partial charge in [-0.2, -0.15) is 4.31 Å². The molecule has 0 spiro atoms. The average molecular weight is 389 g/mol. The van der Waals surface area contributed by atoms with E-state index in [0.29, 0.717) is 18.8 Å². The molecule has 1 unspecified atom stereocenters. The third kappa shape index (κ3) is 4.19. The van der Waals surface area contributed by atoms with Crippen molar-refractivity contribution in [1.29, 1.82) is 0 Å². The summed E-state index contributed by atoms with van der Waals surface area (Å²) in [5.74, 6) is 0.159. The molecule has 1 atom stereocenters. The zero-order valence-electron chi connectivity index (χ0n) is 15.6. The minimum absolute atomic E-state index is 0.159. The molecule has 1 aliphatic carbocycles. The van der Waals surface area contributed by atoms with Crippen LogP contribution in [0.15, 0.2) is 30.3 Å². The second kappa shape index (κ2) is 7.87. The second-order valence-electron chi connectivity index (χ2n) is 7.91. The number of hydrogen-bond donors (Lipinski definition) is 3. The third-order valence-electron chi connectivity index (χ3n) is 5.90. The zero-order chi connectivity index (χ0) is 18.9. The van der Waals surface area contributed by atoms with Gasteiger partial charge >= 0.3 is 0 Å². The van der Waals surface area contributed by atoms with Crippen molar-refractivity contribution in [3.63, 3.8) is 0 Å². The van der Waals surface area contributed by atoms with Gasteiger partial charge in [-0.1, -0.05) is 37.5 Å². The number of aromatic hydroxyl groups is 1. The van der Waals surface area contributed by atoms with Gasteiger partial charge in [-0.15, -0.1) is 4.72 Å². The molecule has 5 nitrogen and oxygen atoms in total. The summed E-state index contributed by atoms with van der Waals surface area (Å²) < 4.78 is 16.6. The number of aryl methyl sites for hydroxylation is 1. The Morgan fingerprint density at radius 1 is 1.11 bits per heavy atom. The molecular weight excluding hydrogens is 360 g/mol. The average Bonchev–Trinajstić information content (AvgIpc) is 3.07. The molecule has 146 valence electrons. The molecule has 0 bridgehead atoms. The fraction of sp³-hybridized carbons (Fsp3) is 0.524. The Labute approximate surface area is 163 Å². The van der Waals surface area contributed by atoms with Gasteiger partial charge in [-0.05, 0) is 60.6 Å². The largest absolute Gasteiger partial charge is 0.573 e. The molecule has 0 radical (unpaired) electrons. The van der Waals surface area contributed by atoms with Gasteiger partial charge in [-0.3, -0.25) is 0 Å². The molecule has 1 saturated heterocycles. The van der Waals surface area contributed by atoms with Crippen LogP contribution in [0.3, 0.4) is 0 Å². The highest BCUT2D eigenvalue weighted by Crippen LogP contribution is 2.35. The van der Waals surface area contributed by atoms with Crippen molar-refractivity contribution in [3.05, 3.63) is 35.9 Å².